The third-order valence-electron chi connectivity index (χ3n) is 3.89. The maximum Gasteiger partial charge on any atom is 0.149 e. The second kappa shape index (κ2) is 5.32. The second-order valence-electron chi connectivity index (χ2n) is 5.56. The van der Waals surface area contributed by atoms with E-state index in [1.165, 1.54) is 25.0 Å². The molecule has 1 N–H and O–H groups in total. The summed E-state index contributed by atoms with van der Waals surface area (Å²) in [4.78, 5) is 0. The predicted molar refractivity (Wildman–Crippen MR) is 74.4 cm³/mol. The van der Waals surface area contributed by atoms with Crippen LogP contribution >= 0.6 is 0 Å². The molecule has 1 aromatic heterocycles. The molecule has 0 spiro atoms. The zero-order chi connectivity index (χ0) is 14.1. The van der Waals surface area contributed by atoms with Crippen LogP contribution in [0.1, 0.15) is 43.2 Å². The fourth-order valence-electron chi connectivity index (χ4n) is 2.63. The summed E-state index contributed by atoms with van der Waals surface area (Å²) in [6.45, 7) is 2.09. The van der Waals surface area contributed by atoms with E-state index in [0.717, 1.165) is 11.4 Å². The van der Waals surface area contributed by atoms with E-state index in [9.17, 15) is 4.39 Å². The molecule has 0 amide bonds. The van der Waals surface area contributed by atoms with E-state index < -0.39 is 0 Å². The third-order valence-corrected chi connectivity index (χ3v) is 3.89. The molecule has 3 rings (SSSR count). The summed E-state index contributed by atoms with van der Waals surface area (Å²) in [6, 6.07) is 7.16. The monoisotopic (exact) mass is 274 g/mol. The van der Waals surface area contributed by atoms with E-state index in [0.29, 0.717) is 5.92 Å². The second-order valence-corrected chi connectivity index (χ2v) is 5.56. The zero-order valence-electron chi connectivity index (χ0n) is 11.8. The smallest absolute Gasteiger partial charge is 0.149 e. The van der Waals surface area contributed by atoms with E-state index in [1.807, 2.05) is 23.7 Å². The molecule has 106 valence electrons. The first-order chi connectivity index (χ1) is 9.65. The van der Waals surface area contributed by atoms with Crippen LogP contribution in [0, 0.1) is 11.7 Å². The van der Waals surface area contributed by atoms with Crippen molar-refractivity contribution in [1.82, 2.24) is 20.1 Å². The fraction of sp³-hybridized carbons (Fsp3) is 0.467. The highest BCUT2D eigenvalue weighted by Crippen LogP contribution is 2.42. The number of rotatable bonds is 5. The normalized spacial score (nSPS) is 17.9. The maximum absolute atomic E-state index is 13.1. The Morgan fingerprint density at radius 1 is 1.30 bits per heavy atom. The molecule has 0 saturated heterocycles. The molecule has 1 heterocycles. The summed E-state index contributed by atoms with van der Waals surface area (Å²) in [6.07, 6.45) is 4.15. The molecule has 0 bridgehead atoms. The van der Waals surface area contributed by atoms with Crippen molar-refractivity contribution in [2.45, 2.75) is 31.8 Å². The SMILES string of the molecule is CC(NC(c1ccc(F)cc1)C1CC1)c1nncn1C. The van der Waals surface area contributed by atoms with E-state index in [1.54, 1.807) is 6.33 Å². The van der Waals surface area contributed by atoms with Crippen molar-refractivity contribution in [3.63, 3.8) is 0 Å². The van der Waals surface area contributed by atoms with Crippen LogP contribution < -0.4 is 5.32 Å². The minimum atomic E-state index is -0.190. The topological polar surface area (TPSA) is 42.7 Å². The highest BCUT2D eigenvalue weighted by molar-refractivity contribution is 5.22. The lowest BCUT2D eigenvalue weighted by atomic mass is 10.0. The molecule has 1 saturated carbocycles. The van der Waals surface area contributed by atoms with Crippen LogP contribution in [0.2, 0.25) is 0 Å². The summed E-state index contributed by atoms with van der Waals surface area (Å²) < 4.78 is 15.0. The Balaban J connectivity index is 1.78. The lowest BCUT2D eigenvalue weighted by molar-refractivity contribution is 0.409. The Labute approximate surface area is 118 Å². The van der Waals surface area contributed by atoms with Gasteiger partial charge >= 0.3 is 0 Å². The van der Waals surface area contributed by atoms with Crippen molar-refractivity contribution in [2.75, 3.05) is 0 Å². The number of aryl methyl sites for hydroxylation is 1. The van der Waals surface area contributed by atoms with Gasteiger partial charge in [0.05, 0.1) is 6.04 Å². The number of hydrogen-bond donors (Lipinski definition) is 1. The largest absolute Gasteiger partial charge is 0.319 e. The number of aromatic nitrogens is 3. The maximum atomic E-state index is 13.1. The highest BCUT2D eigenvalue weighted by Gasteiger charge is 2.33. The van der Waals surface area contributed by atoms with Crippen LogP contribution in [0.4, 0.5) is 4.39 Å². The van der Waals surface area contributed by atoms with Crippen LogP contribution in [0.25, 0.3) is 0 Å². The van der Waals surface area contributed by atoms with Gasteiger partial charge in [-0.3, -0.25) is 0 Å². The minimum Gasteiger partial charge on any atom is -0.319 e. The van der Waals surface area contributed by atoms with E-state index in [2.05, 4.69) is 22.4 Å². The van der Waals surface area contributed by atoms with Crippen LogP contribution in [-0.2, 0) is 7.05 Å². The molecule has 20 heavy (non-hydrogen) atoms. The van der Waals surface area contributed by atoms with E-state index >= 15 is 0 Å². The highest BCUT2D eigenvalue weighted by atomic mass is 19.1. The van der Waals surface area contributed by atoms with Crippen LogP contribution in [-0.4, -0.2) is 14.8 Å². The predicted octanol–water partition coefficient (Wildman–Crippen LogP) is 2.76. The van der Waals surface area contributed by atoms with Crippen LogP contribution in [0.3, 0.4) is 0 Å². The summed E-state index contributed by atoms with van der Waals surface area (Å²) in [7, 11) is 1.94. The molecule has 1 aliphatic rings. The van der Waals surface area contributed by atoms with Gasteiger partial charge in [-0.25, -0.2) is 4.39 Å². The molecule has 0 aliphatic heterocycles. The van der Waals surface area contributed by atoms with E-state index in [4.69, 9.17) is 0 Å². The van der Waals surface area contributed by atoms with Gasteiger partial charge in [0.25, 0.3) is 0 Å². The minimum absolute atomic E-state index is 0.109. The molecule has 0 radical (unpaired) electrons. The molecule has 1 aromatic carbocycles. The molecular weight excluding hydrogens is 255 g/mol. The summed E-state index contributed by atoms with van der Waals surface area (Å²) in [5.74, 6) is 1.36. The Morgan fingerprint density at radius 3 is 2.55 bits per heavy atom. The molecule has 2 aromatic rings. The molecule has 5 heteroatoms. The third kappa shape index (κ3) is 2.72. The fourth-order valence-corrected chi connectivity index (χ4v) is 2.63. The van der Waals surface area contributed by atoms with Crippen LogP contribution in [0.15, 0.2) is 30.6 Å². The number of nitrogens with zero attached hydrogens (tertiary/aromatic N) is 3. The quantitative estimate of drug-likeness (QED) is 0.911. The molecule has 1 fully saturated rings. The average Bonchev–Trinajstić information content (AvgIpc) is 3.18. The Kier molecular flexibility index (Phi) is 3.53. The van der Waals surface area contributed by atoms with Crippen LogP contribution in [0.5, 0.6) is 0 Å². The summed E-state index contributed by atoms with van der Waals surface area (Å²) in [5.41, 5.74) is 1.14. The Bertz CT molecular complexity index is 574. The van der Waals surface area contributed by atoms with Gasteiger partial charge in [-0.2, -0.15) is 0 Å². The van der Waals surface area contributed by atoms with Crippen molar-refractivity contribution < 1.29 is 4.39 Å². The summed E-state index contributed by atoms with van der Waals surface area (Å²) >= 11 is 0. The molecule has 4 nitrogen and oxygen atoms in total. The van der Waals surface area contributed by atoms with Crippen molar-refractivity contribution in [2.24, 2.45) is 13.0 Å². The van der Waals surface area contributed by atoms with Gasteiger partial charge in [-0.1, -0.05) is 12.1 Å². The van der Waals surface area contributed by atoms with Gasteiger partial charge in [-0.05, 0) is 43.4 Å². The van der Waals surface area contributed by atoms with Crippen molar-refractivity contribution in [3.05, 3.63) is 47.8 Å². The Morgan fingerprint density at radius 2 is 2.00 bits per heavy atom. The number of benzene rings is 1. The molecule has 1 aliphatic carbocycles. The van der Waals surface area contributed by atoms with Gasteiger partial charge in [0.2, 0.25) is 0 Å². The zero-order valence-corrected chi connectivity index (χ0v) is 11.8. The van der Waals surface area contributed by atoms with Crippen molar-refractivity contribution in [3.8, 4) is 0 Å². The number of hydrogen-bond acceptors (Lipinski definition) is 3. The van der Waals surface area contributed by atoms with E-state index in [-0.39, 0.29) is 17.9 Å². The van der Waals surface area contributed by atoms with Gasteiger partial charge in [0, 0.05) is 13.1 Å². The molecule has 2 unspecified atom stereocenters. The number of halogens is 1. The van der Waals surface area contributed by atoms with Gasteiger partial charge in [0.15, 0.2) is 0 Å². The van der Waals surface area contributed by atoms with Gasteiger partial charge in [-0.15, -0.1) is 10.2 Å². The molecular formula is C15H19FN4. The lowest BCUT2D eigenvalue weighted by Gasteiger charge is -2.23. The average molecular weight is 274 g/mol. The van der Waals surface area contributed by atoms with Crippen molar-refractivity contribution >= 4 is 0 Å². The van der Waals surface area contributed by atoms with Crippen molar-refractivity contribution in [1.29, 1.82) is 0 Å². The first kappa shape index (κ1) is 13.2. The van der Waals surface area contributed by atoms with Gasteiger partial charge in [0.1, 0.15) is 18.0 Å². The number of nitrogens with one attached hydrogen (secondary N) is 1. The standard InChI is InChI=1S/C15H19FN4/c1-10(15-19-17-9-20(15)2)18-14(11-3-4-11)12-5-7-13(16)8-6-12/h5-11,14,18H,3-4H2,1-2H3. The first-order valence-corrected chi connectivity index (χ1v) is 7.00. The van der Waals surface area contributed by atoms with Gasteiger partial charge < -0.3 is 9.88 Å². The Hall–Kier alpha value is -1.75. The first-order valence-electron chi connectivity index (χ1n) is 7.00. The summed E-state index contributed by atoms with van der Waals surface area (Å²) in [5, 5.41) is 11.7. The molecule has 2 atom stereocenters. The lowest BCUT2D eigenvalue weighted by Crippen LogP contribution is -2.28.